The lowest BCUT2D eigenvalue weighted by Gasteiger charge is -2.32. The fourth-order valence-corrected chi connectivity index (χ4v) is 0.748. The Morgan fingerprint density at radius 2 is 2.30 bits per heavy atom. The molecule has 56 valence electrons. The highest BCUT2D eigenvalue weighted by Gasteiger charge is 2.37. The Morgan fingerprint density at radius 1 is 1.70 bits per heavy atom. The zero-order valence-corrected chi connectivity index (χ0v) is 5.88. The monoisotopic (exact) mass is 143 g/mol. The lowest BCUT2D eigenvalue weighted by molar-refractivity contribution is -0.165. The first kappa shape index (κ1) is 7.05. The van der Waals surface area contributed by atoms with Gasteiger partial charge in [0.25, 0.3) is 0 Å². The Labute approximate surface area is 58.5 Å². The summed E-state index contributed by atoms with van der Waals surface area (Å²) in [6.45, 7) is 3.03. The van der Waals surface area contributed by atoms with Crippen LogP contribution in [0.2, 0.25) is 0 Å². The second kappa shape index (κ2) is 2.28. The van der Waals surface area contributed by atoms with Crippen LogP contribution in [-0.2, 0) is 14.3 Å². The summed E-state index contributed by atoms with van der Waals surface area (Å²) >= 11 is 0. The molecule has 0 saturated carbocycles. The molecule has 4 heteroatoms. The van der Waals surface area contributed by atoms with Crippen LogP contribution in [0.5, 0.6) is 0 Å². The molecule has 1 heterocycles. The molecule has 1 fully saturated rings. The second-order valence-corrected chi connectivity index (χ2v) is 2.33. The highest BCUT2D eigenvalue weighted by molar-refractivity contribution is 5.85. The van der Waals surface area contributed by atoms with Crippen molar-refractivity contribution in [2.45, 2.75) is 20.1 Å². The van der Waals surface area contributed by atoms with Gasteiger partial charge in [-0.15, -0.1) is 0 Å². The van der Waals surface area contributed by atoms with Crippen molar-refractivity contribution in [2.24, 2.45) is 5.92 Å². The molecule has 0 aromatic carbocycles. The summed E-state index contributed by atoms with van der Waals surface area (Å²) in [6.07, 6.45) is -0.398. The number of nitrogens with one attached hydrogen (secondary N) is 1. The SMILES string of the molecule is CC(=O)OC1NC(=O)[C@H]1C. The Bertz CT molecular complexity index is 178. The summed E-state index contributed by atoms with van der Waals surface area (Å²) in [5, 5.41) is 2.44. The van der Waals surface area contributed by atoms with E-state index in [4.69, 9.17) is 4.74 Å². The summed E-state index contributed by atoms with van der Waals surface area (Å²) in [7, 11) is 0. The van der Waals surface area contributed by atoms with E-state index in [0.29, 0.717) is 0 Å². The number of carbonyl (C=O) groups is 2. The molecule has 1 N–H and O–H groups in total. The smallest absolute Gasteiger partial charge is 0.304 e. The van der Waals surface area contributed by atoms with Crippen molar-refractivity contribution in [1.82, 2.24) is 5.32 Å². The number of hydrogen-bond acceptors (Lipinski definition) is 3. The summed E-state index contributed by atoms with van der Waals surface area (Å²) in [5.74, 6) is -0.619. The molecule has 1 aliphatic rings. The van der Waals surface area contributed by atoms with Crippen LogP contribution in [0.15, 0.2) is 0 Å². The van der Waals surface area contributed by atoms with Crippen LogP contribution in [0, 0.1) is 5.92 Å². The van der Waals surface area contributed by atoms with Gasteiger partial charge in [0.05, 0.1) is 5.92 Å². The van der Waals surface area contributed by atoms with Crippen molar-refractivity contribution >= 4 is 11.9 Å². The molecule has 4 nitrogen and oxygen atoms in total. The molecule has 1 aliphatic heterocycles. The quantitative estimate of drug-likeness (QED) is 0.403. The number of carbonyl (C=O) groups excluding carboxylic acids is 2. The van der Waals surface area contributed by atoms with Crippen molar-refractivity contribution < 1.29 is 14.3 Å². The zero-order valence-electron chi connectivity index (χ0n) is 5.88. The molecule has 1 unspecified atom stereocenters. The predicted molar refractivity (Wildman–Crippen MR) is 32.9 cm³/mol. The van der Waals surface area contributed by atoms with Crippen LogP contribution in [0.1, 0.15) is 13.8 Å². The number of β-lactam (4-membered cyclic amide) rings is 1. The van der Waals surface area contributed by atoms with E-state index in [1.54, 1.807) is 6.92 Å². The average molecular weight is 143 g/mol. The van der Waals surface area contributed by atoms with E-state index >= 15 is 0 Å². The normalized spacial score (nSPS) is 30.4. The lowest BCUT2D eigenvalue weighted by atomic mass is 10.0. The number of amides is 1. The molecule has 0 aromatic rings. The molecule has 1 rings (SSSR count). The highest BCUT2D eigenvalue weighted by Crippen LogP contribution is 2.14. The van der Waals surface area contributed by atoms with Crippen molar-refractivity contribution in [3.05, 3.63) is 0 Å². The summed E-state index contributed by atoms with van der Waals surface area (Å²) < 4.78 is 4.70. The van der Waals surface area contributed by atoms with Gasteiger partial charge in [0.2, 0.25) is 5.91 Å². The number of rotatable bonds is 1. The molecular formula is C6H9NO3. The van der Waals surface area contributed by atoms with Gasteiger partial charge in [0.15, 0.2) is 6.23 Å². The first-order chi connectivity index (χ1) is 4.61. The maximum Gasteiger partial charge on any atom is 0.304 e. The third-order valence-electron chi connectivity index (χ3n) is 1.45. The minimum Gasteiger partial charge on any atom is -0.441 e. The van der Waals surface area contributed by atoms with Crippen LogP contribution in [-0.4, -0.2) is 18.1 Å². The molecule has 0 aromatic heterocycles. The van der Waals surface area contributed by atoms with Crippen LogP contribution < -0.4 is 5.32 Å². The van der Waals surface area contributed by atoms with Gasteiger partial charge < -0.3 is 10.1 Å². The average Bonchev–Trinajstić information content (AvgIpc) is 1.86. The van der Waals surface area contributed by atoms with Gasteiger partial charge in [0, 0.05) is 6.92 Å². The molecule has 0 radical (unpaired) electrons. The van der Waals surface area contributed by atoms with E-state index in [0.717, 1.165) is 0 Å². The van der Waals surface area contributed by atoms with Crippen LogP contribution in [0.3, 0.4) is 0 Å². The summed E-state index contributed by atoms with van der Waals surface area (Å²) in [6, 6.07) is 0. The van der Waals surface area contributed by atoms with Gasteiger partial charge in [0.1, 0.15) is 0 Å². The Hall–Kier alpha value is -1.06. The lowest BCUT2D eigenvalue weighted by Crippen LogP contribution is -2.58. The minimum absolute atomic E-state index is 0.0637. The summed E-state index contributed by atoms with van der Waals surface area (Å²) in [5.41, 5.74) is 0. The minimum atomic E-state index is -0.398. The molecule has 0 spiro atoms. The fraction of sp³-hybridized carbons (Fsp3) is 0.667. The standard InChI is InChI=1S/C6H9NO3/c1-3-5(9)7-6(3)10-4(2)8/h3,6H,1-2H3,(H,7,9)/t3-,6?/m1/s1. The van der Waals surface area contributed by atoms with E-state index in [1.165, 1.54) is 6.92 Å². The Kier molecular flexibility index (Phi) is 1.61. The van der Waals surface area contributed by atoms with Gasteiger partial charge >= 0.3 is 5.97 Å². The molecule has 10 heavy (non-hydrogen) atoms. The molecule has 2 atom stereocenters. The largest absolute Gasteiger partial charge is 0.441 e. The number of hydrogen-bond donors (Lipinski definition) is 1. The first-order valence-corrected chi connectivity index (χ1v) is 3.09. The van der Waals surface area contributed by atoms with Crippen molar-refractivity contribution in [1.29, 1.82) is 0 Å². The van der Waals surface area contributed by atoms with Crippen molar-refractivity contribution in [3.63, 3.8) is 0 Å². The van der Waals surface area contributed by atoms with Gasteiger partial charge in [-0.05, 0) is 6.92 Å². The van der Waals surface area contributed by atoms with Crippen LogP contribution >= 0.6 is 0 Å². The molecule has 0 bridgehead atoms. The summed E-state index contributed by atoms with van der Waals surface area (Å²) in [4.78, 5) is 20.8. The number of ether oxygens (including phenoxy) is 1. The van der Waals surface area contributed by atoms with Crippen molar-refractivity contribution in [2.75, 3.05) is 0 Å². The zero-order chi connectivity index (χ0) is 7.72. The molecule has 1 saturated heterocycles. The Morgan fingerprint density at radius 3 is 2.60 bits per heavy atom. The predicted octanol–water partition coefficient (Wildman–Crippen LogP) is -0.359. The first-order valence-electron chi connectivity index (χ1n) is 3.09. The maximum atomic E-state index is 10.5. The van der Waals surface area contributed by atoms with Crippen molar-refractivity contribution in [3.8, 4) is 0 Å². The van der Waals surface area contributed by atoms with E-state index in [-0.39, 0.29) is 17.8 Å². The third kappa shape index (κ3) is 1.10. The van der Waals surface area contributed by atoms with E-state index < -0.39 is 6.23 Å². The topological polar surface area (TPSA) is 55.4 Å². The van der Waals surface area contributed by atoms with E-state index in [2.05, 4.69) is 5.32 Å². The van der Waals surface area contributed by atoms with Gasteiger partial charge in [-0.3, -0.25) is 9.59 Å². The molecule has 0 aliphatic carbocycles. The second-order valence-electron chi connectivity index (χ2n) is 2.33. The molecular weight excluding hydrogens is 134 g/mol. The maximum absolute atomic E-state index is 10.5. The van der Waals surface area contributed by atoms with Gasteiger partial charge in [-0.25, -0.2) is 0 Å². The number of esters is 1. The fourth-order valence-electron chi connectivity index (χ4n) is 0.748. The van der Waals surface area contributed by atoms with Crippen LogP contribution in [0.25, 0.3) is 0 Å². The van der Waals surface area contributed by atoms with E-state index in [9.17, 15) is 9.59 Å². The van der Waals surface area contributed by atoms with Gasteiger partial charge in [-0.1, -0.05) is 0 Å². The Balaban J connectivity index is 2.34. The highest BCUT2D eigenvalue weighted by atomic mass is 16.6. The van der Waals surface area contributed by atoms with Gasteiger partial charge in [-0.2, -0.15) is 0 Å². The van der Waals surface area contributed by atoms with E-state index in [1.807, 2.05) is 0 Å². The molecule has 1 amide bonds. The third-order valence-corrected chi connectivity index (χ3v) is 1.45. The van der Waals surface area contributed by atoms with Crippen LogP contribution in [0.4, 0.5) is 0 Å².